The van der Waals surface area contributed by atoms with Crippen LogP contribution >= 0.6 is 0 Å². The molecule has 1 fully saturated rings. The molecule has 0 saturated carbocycles. The summed E-state index contributed by atoms with van der Waals surface area (Å²) in [7, 11) is 4.31. The Morgan fingerprint density at radius 2 is 2.18 bits per heavy atom. The van der Waals surface area contributed by atoms with Gasteiger partial charge in [-0.1, -0.05) is 6.07 Å². The molecule has 0 spiro atoms. The fourth-order valence-corrected chi connectivity index (χ4v) is 2.66. The van der Waals surface area contributed by atoms with E-state index in [1.807, 2.05) is 0 Å². The SMILES string of the molecule is CN(C)C(c1ccc2nc[nH]c2c1)C1CNC1. The van der Waals surface area contributed by atoms with Crippen molar-refractivity contribution in [3.8, 4) is 0 Å². The molecule has 1 atom stereocenters. The lowest BCUT2D eigenvalue weighted by Gasteiger charge is -2.38. The fourth-order valence-electron chi connectivity index (χ4n) is 2.66. The van der Waals surface area contributed by atoms with Crippen molar-refractivity contribution in [3.63, 3.8) is 0 Å². The third kappa shape index (κ3) is 1.83. The molecule has 0 amide bonds. The molecule has 90 valence electrons. The molecule has 2 aromatic rings. The summed E-state index contributed by atoms with van der Waals surface area (Å²) in [6.07, 6.45) is 1.75. The van der Waals surface area contributed by atoms with E-state index in [9.17, 15) is 0 Å². The van der Waals surface area contributed by atoms with E-state index in [2.05, 4.69) is 52.5 Å². The Labute approximate surface area is 101 Å². The van der Waals surface area contributed by atoms with Gasteiger partial charge in [-0.05, 0) is 31.8 Å². The highest BCUT2D eigenvalue weighted by molar-refractivity contribution is 5.75. The number of benzene rings is 1. The normalized spacial score (nSPS) is 18.5. The minimum atomic E-state index is 0.490. The number of imidazole rings is 1. The zero-order chi connectivity index (χ0) is 11.8. The van der Waals surface area contributed by atoms with Crippen molar-refractivity contribution in [2.24, 2.45) is 5.92 Å². The van der Waals surface area contributed by atoms with Crippen LogP contribution in [0.5, 0.6) is 0 Å². The van der Waals surface area contributed by atoms with Gasteiger partial charge in [-0.15, -0.1) is 0 Å². The van der Waals surface area contributed by atoms with E-state index in [1.54, 1.807) is 6.33 Å². The zero-order valence-electron chi connectivity index (χ0n) is 10.3. The van der Waals surface area contributed by atoms with Gasteiger partial charge in [0.1, 0.15) is 0 Å². The van der Waals surface area contributed by atoms with Gasteiger partial charge in [0.15, 0.2) is 0 Å². The number of rotatable bonds is 3. The van der Waals surface area contributed by atoms with Gasteiger partial charge in [-0.25, -0.2) is 4.98 Å². The molecule has 0 bridgehead atoms. The lowest BCUT2D eigenvalue weighted by molar-refractivity contribution is 0.161. The van der Waals surface area contributed by atoms with Crippen LogP contribution < -0.4 is 5.32 Å². The average molecular weight is 230 g/mol. The largest absolute Gasteiger partial charge is 0.345 e. The van der Waals surface area contributed by atoms with E-state index in [0.29, 0.717) is 12.0 Å². The number of hydrogen-bond acceptors (Lipinski definition) is 3. The highest BCUT2D eigenvalue weighted by Crippen LogP contribution is 2.30. The van der Waals surface area contributed by atoms with Crippen molar-refractivity contribution in [3.05, 3.63) is 30.1 Å². The molecule has 0 aliphatic carbocycles. The molecule has 1 aromatic carbocycles. The maximum atomic E-state index is 4.26. The van der Waals surface area contributed by atoms with E-state index >= 15 is 0 Å². The highest BCUT2D eigenvalue weighted by Gasteiger charge is 2.29. The minimum absolute atomic E-state index is 0.490. The molecule has 2 heterocycles. The molecule has 1 aliphatic rings. The number of fused-ring (bicyclic) bond motifs is 1. The van der Waals surface area contributed by atoms with Crippen LogP contribution in [0.25, 0.3) is 11.0 Å². The summed E-state index contributed by atoms with van der Waals surface area (Å²) in [5, 5.41) is 3.35. The van der Waals surface area contributed by atoms with E-state index in [-0.39, 0.29) is 0 Å². The van der Waals surface area contributed by atoms with Crippen molar-refractivity contribution in [1.82, 2.24) is 20.2 Å². The first-order chi connectivity index (χ1) is 8.25. The summed E-state index contributed by atoms with van der Waals surface area (Å²) in [6.45, 7) is 2.23. The number of aromatic amines is 1. The Bertz CT molecular complexity index is 513. The van der Waals surface area contributed by atoms with E-state index < -0.39 is 0 Å². The summed E-state index contributed by atoms with van der Waals surface area (Å²) in [4.78, 5) is 9.75. The van der Waals surface area contributed by atoms with Gasteiger partial charge in [0, 0.05) is 25.0 Å². The smallest absolute Gasteiger partial charge is 0.0931 e. The lowest BCUT2D eigenvalue weighted by atomic mass is 9.87. The topological polar surface area (TPSA) is 44.0 Å². The average Bonchev–Trinajstić information content (AvgIpc) is 2.69. The van der Waals surface area contributed by atoms with Crippen LogP contribution in [0.4, 0.5) is 0 Å². The second-order valence-corrected chi connectivity index (χ2v) is 5.01. The molecule has 1 saturated heterocycles. The highest BCUT2D eigenvalue weighted by atomic mass is 15.1. The van der Waals surface area contributed by atoms with Crippen LogP contribution in [0.2, 0.25) is 0 Å². The third-order valence-electron chi connectivity index (χ3n) is 3.60. The first kappa shape index (κ1) is 10.7. The van der Waals surface area contributed by atoms with Crippen LogP contribution in [-0.4, -0.2) is 42.1 Å². The van der Waals surface area contributed by atoms with Crippen LogP contribution in [0, 0.1) is 5.92 Å². The predicted octanol–water partition coefficient (Wildman–Crippen LogP) is 1.38. The van der Waals surface area contributed by atoms with Crippen molar-refractivity contribution in [2.45, 2.75) is 6.04 Å². The van der Waals surface area contributed by atoms with Crippen molar-refractivity contribution >= 4 is 11.0 Å². The maximum absolute atomic E-state index is 4.26. The lowest BCUT2D eigenvalue weighted by Crippen LogP contribution is -2.48. The predicted molar refractivity (Wildman–Crippen MR) is 68.9 cm³/mol. The summed E-state index contributed by atoms with van der Waals surface area (Å²) in [5.41, 5.74) is 3.54. The quantitative estimate of drug-likeness (QED) is 0.837. The number of aromatic nitrogens is 2. The number of H-pyrrole nitrogens is 1. The van der Waals surface area contributed by atoms with Crippen LogP contribution in [0.15, 0.2) is 24.5 Å². The molecule has 17 heavy (non-hydrogen) atoms. The van der Waals surface area contributed by atoms with Crippen molar-refractivity contribution in [1.29, 1.82) is 0 Å². The zero-order valence-corrected chi connectivity index (χ0v) is 10.3. The van der Waals surface area contributed by atoms with Gasteiger partial charge in [0.2, 0.25) is 0 Å². The number of nitrogens with zero attached hydrogens (tertiary/aromatic N) is 2. The van der Waals surface area contributed by atoms with E-state index in [1.165, 1.54) is 5.56 Å². The molecule has 4 nitrogen and oxygen atoms in total. The van der Waals surface area contributed by atoms with Crippen LogP contribution in [-0.2, 0) is 0 Å². The summed E-state index contributed by atoms with van der Waals surface area (Å²) in [5.74, 6) is 0.713. The molecule has 0 radical (unpaired) electrons. The Balaban J connectivity index is 1.98. The second kappa shape index (κ2) is 4.13. The fraction of sp³-hybridized carbons (Fsp3) is 0.462. The van der Waals surface area contributed by atoms with E-state index in [4.69, 9.17) is 0 Å². The molecule has 3 rings (SSSR count). The Kier molecular flexibility index (Phi) is 2.61. The second-order valence-electron chi connectivity index (χ2n) is 5.01. The van der Waals surface area contributed by atoms with Gasteiger partial charge in [-0.3, -0.25) is 0 Å². The Morgan fingerprint density at radius 3 is 2.82 bits per heavy atom. The summed E-state index contributed by atoms with van der Waals surface area (Å²) in [6, 6.07) is 7.02. The summed E-state index contributed by atoms with van der Waals surface area (Å²) < 4.78 is 0. The standard InChI is InChI=1S/C13H18N4/c1-17(2)13(10-6-14-7-10)9-3-4-11-12(5-9)16-8-15-11/h3-5,8,10,13-14H,6-7H2,1-2H3,(H,15,16). The minimum Gasteiger partial charge on any atom is -0.345 e. The molecule has 2 N–H and O–H groups in total. The van der Waals surface area contributed by atoms with Gasteiger partial charge < -0.3 is 15.2 Å². The molecule has 4 heteroatoms. The van der Waals surface area contributed by atoms with Crippen molar-refractivity contribution in [2.75, 3.05) is 27.2 Å². The van der Waals surface area contributed by atoms with E-state index in [0.717, 1.165) is 24.1 Å². The molecular formula is C13H18N4. The Hall–Kier alpha value is -1.39. The van der Waals surface area contributed by atoms with Crippen molar-refractivity contribution < 1.29 is 0 Å². The monoisotopic (exact) mass is 230 g/mol. The Morgan fingerprint density at radius 1 is 1.35 bits per heavy atom. The molecular weight excluding hydrogens is 212 g/mol. The summed E-state index contributed by atoms with van der Waals surface area (Å²) >= 11 is 0. The molecule has 1 unspecified atom stereocenters. The van der Waals surface area contributed by atoms with Crippen LogP contribution in [0.1, 0.15) is 11.6 Å². The molecule has 1 aliphatic heterocycles. The van der Waals surface area contributed by atoms with Gasteiger partial charge in [0.05, 0.1) is 17.4 Å². The molecule has 1 aromatic heterocycles. The van der Waals surface area contributed by atoms with Gasteiger partial charge >= 0.3 is 0 Å². The van der Waals surface area contributed by atoms with Gasteiger partial charge in [0.25, 0.3) is 0 Å². The number of hydrogen-bond donors (Lipinski definition) is 2. The maximum Gasteiger partial charge on any atom is 0.0931 e. The number of nitrogens with one attached hydrogen (secondary N) is 2. The van der Waals surface area contributed by atoms with Crippen LogP contribution in [0.3, 0.4) is 0 Å². The third-order valence-corrected chi connectivity index (χ3v) is 3.60. The first-order valence-corrected chi connectivity index (χ1v) is 6.06. The van der Waals surface area contributed by atoms with Gasteiger partial charge in [-0.2, -0.15) is 0 Å². The first-order valence-electron chi connectivity index (χ1n) is 6.06.